The normalized spacial score (nSPS) is 11.9. The zero-order chi connectivity index (χ0) is 25.8. The highest BCUT2D eigenvalue weighted by Crippen LogP contribution is 2.25. The van der Waals surface area contributed by atoms with Crippen molar-refractivity contribution >= 4 is 16.8 Å². The summed E-state index contributed by atoms with van der Waals surface area (Å²) in [6, 6.07) is 14.4. The lowest BCUT2D eigenvalue weighted by molar-refractivity contribution is -0.124. The van der Waals surface area contributed by atoms with Gasteiger partial charge in [-0.2, -0.15) is 10.2 Å². The molecule has 1 amide bonds. The van der Waals surface area contributed by atoms with E-state index in [1.165, 1.54) is 4.68 Å². The molecule has 4 rings (SSSR count). The first kappa shape index (κ1) is 25.0. The first-order valence-corrected chi connectivity index (χ1v) is 11.9. The first-order chi connectivity index (χ1) is 17.4. The van der Waals surface area contributed by atoms with Crippen LogP contribution in [0.15, 0.2) is 53.3 Å². The Kier molecular flexibility index (Phi) is 7.38. The van der Waals surface area contributed by atoms with Gasteiger partial charge in [0.1, 0.15) is 17.5 Å². The van der Waals surface area contributed by atoms with Gasteiger partial charge in [0.05, 0.1) is 36.7 Å². The molecule has 0 aliphatic carbocycles. The predicted molar refractivity (Wildman–Crippen MR) is 138 cm³/mol. The zero-order valence-corrected chi connectivity index (χ0v) is 21.2. The van der Waals surface area contributed by atoms with Gasteiger partial charge in [0, 0.05) is 6.54 Å². The zero-order valence-electron chi connectivity index (χ0n) is 21.2. The van der Waals surface area contributed by atoms with Gasteiger partial charge in [-0.3, -0.25) is 9.59 Å². The Morgan fingerprint density at radius 1 is 1.06 bits per heavy atom. The summed E-state index contributed by atoms with van der Waals surface area (Å²) < 4.78 is 13.7. The monoisotopic (exact) mass is 489 g/mol. The molecule has 0 bridgehead atoms. The average Bonchev–Trinajstić information content (AvgIpc) is 3.25. The second kappa shape index (κ2) is 10.6. The number of amides is 1. The van der Waals surface area contributed by atoms with Crippen LogP contribution in [0, 0.1) is 13.8 Å². The number of aryl methyl sites for hydroxylation is 2. The summed E-state index contributed by atoms with van der Waals surface area (Å²) in [6.45, 7) is 5.98. The van der Waals surface area contributed by atoms with E-state index in [1.54, 1.807) is 18.9 Å². The number of aromatic nitrogens is 4. The maximum absolute atomic E-state index is 13.4. The van der Waals surface area contributed by atoms with Crippen molar-refractivity contribution in [3.05, 3.63) is 75.8 Å². The molecule has 2 heterocycles. The van der Waals surface area contributed by atoms with Crippen LogP contribution in [0.1, 0.15) is 36.3 Å². The fourth-order valence-corrected chi connectivity index (χ4v) is 4.47. The Morgan fingerprint density at radius 3 is 2.47 bits per heavy atom. The second-order valence-corrected chi connectivity index (χ2v) is 8.53. The number of nitrogens with one attached hydrogen (secondary N) is 1. The predicted octanol–water partition coefficient (Wildman–Crippen LogP) is 3.53. The van der Waals surface area contributed by atoms with Crippen molar-refractivity contribution in [3.63, 3.8) is 0 Å². The number of fused-ring (bicyclic) bond motifs is 1. The molecule has 1 atom stereocenters. The second-order valence-electron chi connectivity index (χ2n) is 8.53. The minimum atomic E-state index is -0.755. The third kappa shape index (κ3) is 4.68. The summed E-state index contributed by atoms with van der Waals surface area (Å²) in [5.74, 6) is 1.17. The Hall–Kier alpha value is -4.14. The Balaban J connectivity index is 1.59. The number of para-hydroxylation sites is 1. The number of ether oxygens (including phenoxy) is 2. The summed E-state index contributed by atoms with van der Waals surface area (Å²) in [6.07, 6.45) is 0.953. The Labute approximate surface area is 209 Å². The fraction of sp³-hybridized carbons (Fsp3) is 0.333. The average molecular weight is 490 g/mol. The van der Waals surface area contributed by atoms with E-state index in [0.717, 1.165) is 22.7 Å². The summed E-state index contributed by atoms with van der Waals surface area (Å²) in [5, 5.41) is 12.8. The minimum absolute atomic E-state index is 0.271. The highest BCUT2D eigenvalue weighted by atomic mass is 16.5. The van der Waals surface area contributed by atoms with Crippen LogP contribution in [-0.2, 0) is 11.2 Å². The molecule has 36 heavy (non-hydrogen) atoms. The van der Waals surface area contributed by atoms with Crippen LogP contribution in [0.3, 0.4) is 0 Å². The topological polar surface area (TPSA) is 100 Å². The third-order valence-electron chi connectivity index (χ3n) is 6.31. The molecule has 2 aromatic heterocycles. The maximum Gasteiger partial charge on any atom is 0.295 e. The van der Waals surface area contributed by atoms with Gasteiger partial charge in [0.15, 0.2) is 5.52 Å². The van der Waals surface area contributed by atoms with Crippen molar-refractivity contribution in [2.75, 3.05) is 20.8 Å². The van der Waals surface area contributed by atoms with Crippen molar-refractivity contribution in [2.24, 2.45) is 0 Å². The Morgan fingerprint density at radius 2 is 1.81 bits per heavy atom. The highest BCUT2D eigenvalue weighted by molar-refractivity contribution is 5.84. The van der Waals surface area contributed by atoms with Crippen LogP contribution in [0.4, 0.5) is 0 Å². The number of carbonyl (C=O) groups is 1. The number of hydrogen-bond donors (Lipinski definition) is 1. The summed E-state index contributed by atoms with van der Waals surface area (Å²) >= 11 is 0. The van der Waals surface area contributed by atoms with Crippen molar-refractivity contribution < 1.29 is 14.3 Å². The van der Waals surface area contributed by atoms with Crippen molar-refractivity contribution in [1.29, 1.82) is 0 Å². The van der Waals surface area contributed by atoms with Crippen molar-refractivity contribution in [1.82, 2.24) is 24.9 Å². The lowest BCUT2D eigenvalue weighted by atomic mass is 10.1. The standard InChI is InChI=1S/C27H31N5O4/c1-6-22(26(33)28-15-14-19-16-21(35-4)12-13-23(19)36-5)32-27(34)25-24(17(2)29-32)18(3)31(30-25)20-10-8-7-9-11-20/h7-13,16,22H,6,14-15H2,1-5H3,(H,28,33)/t22-/m1/s1. The van der Waals surface area contributed by atoms with Crippen molar-refractivity contribution in [2.45, 2.75) is 39.7 Å². The van der Waals surface area contributed by atoms with E-state index in [-0.39, 0.29) is 11.5 Å². The highest BCUT2D eigenvalue weighted by Gasteiger charge is 2.25. The van der Waals surface area contributed by atoms with Crippen LogP contribution in [-0.4, -0.2) is 46.2 Å². The molecule has 0 fully saturated rings. The summed E-state index contributed by atoms with van der Waals surface area (Å²) in [4.78, 5) is 26.6. The fourth-order valence-electron chi connectivity index (χ4n) is 4.47. The van der Waals surface area contributed by atoms with E-state index < -0.39 is 6.04 Å². The van der Waals surface area contributed by atoms with Crippen LogP contribution < -0.4 is 20.3 Å². The van der Waals surface area contributed by atoms with Gasteiger partial charge in [-0.1, -0.05) is 25.1 Å². The molecule has 0 saturated heterocycles. The smallest absolute Gasteiger partial charge is 0.295 e. The van der Waals surface area contributed by atoms with E-state index in [4.69, 9.17) is 9.47 Å². The number of rotatable bonds is 9. The molecule has 4 aromatic rings. The molecule has 0 unspecified atom stereocenters. The molecule has 9 heteroatoms. The third-order valence-corrected chi connectivity index (χ3v) is 6.31. The number of carbonyl (C=O) groups excluding carboxylic acids is 1. The summed E-state index contributed by atoms with van der Waals surface area (Å²) in [7, 11) is 3.21. The molecule has 188 valence electrons. The largest absolute Gasteiger partial charge is 0.497 e. The van der Waals surface area contributed by atoms with Gasteiger partial charge in [-0.15, -0.1) is 0 Å². The quantitative estimate of drug-likeness (QED) is 0.386. The van der Waals surface area contributed by atoms with E-state index in [1.807, 2.05) is 69.3 Å². The molecule has 1 N–H and O–H groups in total. The van der Waals surface area contributed by atoms with Gasteiger partial charge >= 0.3 is 0 Å². The molecule has 2 aromatic carbocycles. The van der Waals surface area contributed by atoms with E-state index in [0.29, 0.717) is 41.7 Å². The number of nitrogens with zero attached hydrogens (tertiary/aromatic N) is 4. The Bertz CT molecular complexity index is 1440. The minimum Gasteiger partial charge on any atom is -0.497 e. The maximum atomic E-state index is 13.4. The van der Waals surface area contributed by atoms with Gasteiger partial charge in [0.2, 0.25) is 5.91 Å². The SMILES string of the molecule is CC[C@H](C(=O)NCCc1cc(OC)ccc1OC)n1nc(C)c2c(C)n(-c3ccccc3)nc2c1=O. The van der Waals surface area contributed by atoms with Crippen LogP contribution in [0.25, 0.3) is 16.6 Å². The van der Waals surface area contributed by atoms with E-state index in [2.05, 4.69) is 15.5 Å². The van der Waals surface area contributed by atoms with Gasteiger partial charge in [0.25, 0.3) is 5.56 Å². The van der Waals surface area contributed by atoms with Crippen molar-refractivity contribution in [3.8, 4) is 17.2 Å². The van der Waals surface area contributed by atoms with Gasteiger partial charge in [-0.05, 0) is 62.6 Å². The number of benzene rings is 2. The van der Waals surface area contributed by atoms with Gasteiger partial charge < -0.3 is 14.8 Å². The molecule has 0 saturated carbocycles. The first-order valence-electron chi connectivity index (χ1n) is 11.9. The molecule has 9 nitrogen and oxygen atoms in total. The number of methoxy groups -OCH3 is 2. The molecule has 0 radical (unpaired) electrons. The van der Waals surface area contributed by atoms with E-state index in [9.17, 15) is 9.59 Å². The van der Waals surface area contributed by atoms with E-state index >= 15 is 0 Å². The van der Waals surface area contributed by atoms with Gasteiger partial charge in [-0.25, -0.2) is 9.36 Å². The molecular formula is C27H31N5O4. The lowest BCUT2D eigenvalue weighted by Gasteiger charge is -2.18. The lowest BCUT2D eigenvalue weighted by Crippen LogP contribution is -2.39. The molecular weight excluding hydrogens is 458 g/mol. The summed E-state index contributed by atoms with van der Waals surface area (Å²) in [5.41, 5.74) is 3.17. The molecule has 0 spiro atoms. The van der Waals surface area contributed by atoms with Crippen LogP contribution in [0.5, 0.6) is 11.5 Å². The molecule has 0 aliphatic heterocycles. The molecule has 0 aliphatic rings. The number of hydrogen-bond acceptors (Lipinski definition) is 6. The van der Waals surface area contributed by atoms with Crippen LogP contribution in [0.2, 0.25) is 0 Å². The van der Waals surface area contributed by atoms with Crippen LogP contribution >= 0.6 is 0 Å².